The Balaban J connectivity index is 1.69. The number of rotatable bonds is 5. The maximum absolute atomic E-state index is 14.5. The number of carbonyl (C=O) groups excluding carboxylic acids is 1. The zero-order valence-electron chi connectivity index (χ0n) is 17.4. The van der Waals surface area contributed by atoms with Gasteiger partial charge in [-0.2, -0.15) is 0 Å². The number of amides is 1. The minimum Gasteiger partial charge on any atom is -0.325 e. The van der Waals surface area contributed by atoms with E-state index < -0.39 is 17.2 Å². The van der Waals surface area contributed by atoms with Crippen molar-refractivity contribution in [2.75, 3.05) is 11.1 Å². The molecule has 4 rings (SSSR count). The van der Waals surface area contributed by atoms with Gasteiger partial charge in [-0.05, 0) is 49.7 Å². The zero-order chi connectivity index (χ0) is 22.8. The molecule has 0 saturated carbocycles. The molecule has 8 heteroatoms. The van der Waals surface area contributed by atoms with Crippen LogP contribution in [0.2, 0.25) is 0 Å². The monoisotopic (exact) mass is 451 g/mol. The molecule has 0 saturated heterocycles. The molecular formula is C24H19F2N3O2S. The standard InChI is InChI=1S/C24H19F2N3O2S/c1-14-7-9-19(15(2)11-14)27-22(30)13-32-24-28-20-6-4-3-5-17(20)23(31)29(24)21-10-8-16(25)12-18(21)26/h3-12H,13H2,1-2H3,(H,27,30). The summed E-state index contributed by atoms with van der Waals surface area (Å²) >= 11 is 1.000. The van der Waals surface area contributed by atoms with Crippen LogP contribution < -0.4 is 10.9 Å². The average Bonchev–Trinajstić information content (AvgIpc) is 2.75. The summed E-state index contributed by atoms with van der Waals surface area (Å²) in [6.07, 6.45) is 0. The van der Waals surface area contributed by atoms with E-state index in [4.69, 9.17) is 0 Å². The number of thioether (sulfide) groups is 1. The number of aromatic nitrogens is 2. The van der Waals surface area contributed by atoms with Crippen molar-refractivity contribution in [2.45, 2.75) is 19.0 Å². The van der Waals surface area contributed by atoms with Gasteiger partial charge in [-0.3, -0.25) is 14.2 Å². The zero-order valence-corrected chi connectivity index (χ0v) is 18.2. The molecule has 4 aromatic rings. The molecule has 1 amide bonds. The molecule has 0 spiro atoms. The Bertz CT molecular complexity index is 1400. The summed E-state index contributed by atoms with van der Waals surface area (Å²) in [5.41, 5.74) is 2.49. The van der Waals surface area contributed by atoms with Crippen LogP contribution in [-0.2, 0) is 4.79 Å². The highest BCUT2D eigenvalue weighted by Crippen LogP contribution is 2.24. The smallest absolute Gasteiger partial charge is 0.266 e. The lowest BCUT2D eigenvalue weighted by Crippen LogP contribution is -2.24. The molecule has 0 aliphatic rings. The van der Waals surface area contributed by atoms with Gasteiger partial charge in [-0.25, -0.2) is 13.8 Å². The van der Waals surface area contributed by atoms with Crippen molar-refractivity contribution in [3.63, 3.8) is 0 Å². The molecule has 32 heavy (non-hydrogen) atoms. The van der Waals surface area contributed by atoms with Gasteiger partial charge in [-0.1, -0.05) is 41.6 Å². The molecule has 0 radical (unpaired) electrons. The van der Waals surface area contributed by atoms with Gasteiger partial charge in [0.1, 0.15) is 11.6 Å². The number of hydrogen-bond donors (Lipinski definition) is 1. The third-order valence-corrected chi connectivity index (χ3v) is 5.82. The predicted octanol–water partition coefficient (Wildman–Crippen LogP) is 5.01. The lowest BCUT2D eigenvalue weighted by atomic mass is 10.1. The van der Waals surface area contributed by atoms with Crippen molar-refractivity contribution in [1.29, 1.82) is 0 Å². The number of nitrogens with one attached hydrogen (secondary N) is 1. The number of carbonyl (C=O) groups is 1. The average molecular weight is 451 g/mol. The highest BCUT2D eigenvalue weighted by molar-refractivity contribution is 7.99. The van der Waals surface area contributed by atoms with Crippen molar-refractivity contribution in [1.82, 2.24) is 9.55 Å². The number of nitrogens with zero attached hydrogens (tertiary/aromatic N) is 2. The van der Waals surface area contributed by atoms with Gasteiger partial charge < -0.3 is 5.32 Å². The fourth-order valence-corrected chi connectivity index (χ4v) is 4.16. The minimum absolute atomic E-state index is 0.0547. The van der Waals surface area contributed by atoms with Crippen LogP contribution in [0.4, 0.5) is 14.5 Å². The summed E-state index contributed by atoms with van der Waals surface area (Å²) in [6.45, 7) is 3.86. The maximum atomic E-state index is 14.5. The Morgan fingerprint density at radius 2 is 1.84 bits per heavy atom. The van der Waals surface area contributed by atoms with E-state index in [1.54, 1.807) is 24.3 Å². The van der Waals surface area contributed by atoms with Crippen LogP contribution in [0.5, 0.6) is 0 Å². The van der Waals surface area contributed by atoms with E-state index in [0.29, 0.717) is 22.7 Å². The SMILES string of the molecule is Cc1ccc(NC(=O)CSc2nc3ccccc3c(=O)n2-c2ccc(F)cc2F)c(C)c1. The molecule has 1 aromatic heterocycles. The highest BCUT2D eigenvalue weighted by Gasteiger charge is 2.18. The van der Waals surface area contributed by atoms with Crippen LogP contribution in [0.3, 0.4) is 0 Å². The summed E-state index contributed by atoms with van der Waals surface area (Å²) in [6, 6.07) is 15.3. The second-order valence-electron chi connectivity index (χ2n) is 7.30. The van der Waals surface area contributed by atoms with Crippen LogP contribution in [-0.4, -0.2) is 21.2 Å². The molecule has 0 atom stereocenters. The number of halogens is 2. The van der Waals surface area contributed by atoms with E-state index in [0.717, 1.165) is 33.5 Å². The first kappa shape index (κ1) is 21.7. The highest BCUT2D eigenvalue weighted by atomic mass is 32.2. The van der Waals surface area contributed by atoms with Gasteiger partial charge in [0.15, 0.2) is 5.16 Å². The molecule has 0 aliphatic heterocycles. The Morgan fingerprint density at radius 3 is 2.59 bits per heavy atom. The molecule has 3 aromatic carbocycles. The van der Waals surface area contributed by atoms with Crippen LogP contribution in [0, 0.1) is 25.5 Å². The Kier molecular flexibility index (Phi) is 6.05. The predicted molar refractivity (Wildman–Crippen MR) is 123 cm³/mol. The van der Waals surface area contributed by atoms with Crippen LogP contribution in [0.25, 0.3) is 16.6 Å². The van der Waals surface area contributed by atoms with E-state index in [-0.39, 0.29) is 22.5 Å². The number of fused-ring (bicyclic) bond motifs is 1. The molecule has 0 aliphatic carbocycles. The van der Waals surface area contributed by atoms with E-state index in [1.807, 2.05) is 32.0 Å². The lowest BCUT2D eigenvalue weighted by Gasteiger charge is -2.14. The van der Waals surface area contributed by atoms with Gasteiger partial charge in [-0.15, -0.1) is 0 Å². The van der Waals surface area contributed by atoms with Gasteiger partial charge >= 0.3 is 0 Å². The molecular weight excluding hydrogens is 432 g/mol. The van der Waals surface area contributed by atoms with E-state index >= 15 is 0 Å². The van der Waals surface area contributed by atoms with Crippen molar-refractivity contribution in [3.8, 4) is 5.69 Å². The first-order valence-electron chi connectivity index (χ1n) is 9.80. The summed E-state index contributed by atoms with van der Waals surface area (Å²) in [5, 5.41) is 3.27. The number of benzene rings is 3. The maximum Gasteiger partial charge on any atom is 0.266 e. The van der Waals surface area contributed by atoms with E-state index in [2.05, 4.69) is 10.3 Å². The Hall–Kier alpha value is -3.52. The van der Waals surface area contributed by atoms with Crippen LogP contribution in [0.15, 0.2) is 70.6 Å². The van der Waals surface area contributed by atoms with Gasteiger partial charge in [0.2, 0.25) is 5.91 Å². The first-order valence-corrected chi connectivity index (χ1v) is 10.8. The molecule has 0 bridgehead atoms. The van der Waals surface area contributed by atoms with Crippen molar-refractivity contribution in [2.24, 2.45) is 0 Å². The fourth-order valence-electron chi connectivity index (χ4n) is 3.35. The summed E-state index contributed by atoms with van der Waals surface area (Å²) in [5.74, 6) is -2.00. The third-order valence-electron chi connectivity index (χ3n) is 4.88. The Morgan fingerprint density at radius 1 is 1.06 bits per heavy atom. The number of aryl methyl sites for hydroxylation is 2. The number of anilines is 1. The Labute approximate surface area is 187 Å². The normalized spacial score (nSPS) is 11.0. The molecule has 1 heterocycles. The summed E-state index contributed by atoms with van der Waals surface area (Å²) < 4.78 is 29.1. The van der Waals surface area contributed by atoms with Crippen LogP contribution >= 0.6 is 11.8 Å². The van der Waals surface area contributed by atoms with E-state index in [1.165, 1.54) is 6.07 Å². The van der Waals surface area contributed by atoms with Crippen LogP contribution in [0.1, 0.15) is 11.1 Å². The third kappa shape index (κ3) is 4.40. The van der Waals surface area contributed by atoms with Crippen molar-refractivity contribution >= 4 is 34.3 Å². The molecule has 0 unspecified atom stereocenters. The summed E-state index contributed by atoms with van der Waals surface area (Å²) in [7, 11) is 0. The number of hydrogen-bond acceptors (Lipinski definition) is 4. The van der Waals surface area contributed by atoms with Gasteiger partial charge in [0, 0.05) is 11.8 Å². The lowest BCUT2D eigenvalue weighted by molar-refractivity contribution is -0.113. The molecule has 0 fully saturated rings. The summed E-state index contributed by atoms with van der Waals surface area (Å²) in [4.78, 5) is 30.2. The molecule has 5 nitrogen and oxygen atoms in total. The second kappa shape index (κ2) is 8.92. The minimum atomic E-state index is -0.897. The second-order valence-corrected chi connectivity index (χ2v) is 8.25. The molecule has 1 N–H and O–H groups in total. The quantitative estimate of drug-likeness (QED) is 0.342. The largest absolute Gasteiger partial charge is 0.325 e. The van der Waals surface area contributed by atoms with Gasteiger partial charge in [0.25, 0.3) is 5.56 Å². The van der Waals surface area contributed by atoms with Crippen molar-refractivity contribution in [3.05, 3.63) is 93.8 Å². The van der Waals surface area contributed by atoms with E-state index in [9.17, 15) is 18.4 Å². The molecule has 162 valence electrons. The van der Waals surface area contributed by atoms with Gasteiger partial charge in [0.05, 0.1) is 22.3 Å². The topological polar surface area (TPSA) is 64.0 Å². The van der Waals surface area contributed by atoms with Crippen molar-refractivity contribution < 1.29 is 13.6 Å². The first-order chi connectivity index (χ1) is 15.3. The number of para-hydroxylation sites is 1. The fraction of sp³-hybridized carbons (Fsp3) is 0.125.